The van der Waals surface area contributed by atoms with E-state index in [0.29, 0.717) is 12.8 Å². The third kappa shape index (κ3) is 35.1. The van der Waals surface area contributed by atoms with Crippen molar-refractivity contribution in [2.45, 2.75) is 207 Å². The largest absolute Gasteiger partial charge is 0.462 e. The summed E-state index contributed by atoms with van der Waals surface area (Å²) in [6, 6.07) is 0. The van der Waals surface area contributed by atoms with Crippen molar-refractivity contribution in [2.24, 2.45) is 11.8 Å². The molecule has 0 saturated carbocycles. The third-order valence-electron chi connectivity index (χ3n) is 8.43. The number of hydrogen-bond acceptors (Lipinski definition) is 4. The number of rotatable bonds is 33. The Morgan fingerprint density at radius 1 is 0.357 bits per heavy atom. The first kappa shape index (κ1) is 40.9. The maximum absolute atomic E-state index is 11.9. The molecule has 0 aromatic heterocycles. The third-order valence-corrected chi connectivity index (χ3v) is 8.43. The lowest BCUT2D eigenvalue weighted by atomic mass is 10.0. The zero-order valence-corrected chi connectivity index (χ0v) is 29.0. The SMILES string of the molecule is CC(C)CCCCCCCCCCCCCCC(=O)OCCOC(=O)CCCCCCCCCCCCCCC(C)C. The number of unbranched alkanes of at least 4 members (excludes halogenated alkanes) is 22. The molecule has 0 amide bonds. The highest BCUT2D eigenvalue weighted by atomic mass is 16.6. The van der Waals surface area contributed by atoms with Crippen LogP contribution in [-0.4, -0.2) is 25.2 Å². The van der Waals surface area contributed by atoms with Crippen LogP contribution < -0.4 is 0 Å². The Bertz CT molecular complexity index is 521. The highest BCUT2D eigenvalue weighted by Gasteiger charge is 2.06. The van der Waals surface area contributed by atoms with Crippen LogP contribution >= 0.6 is 0 Å². The minimum absolute atomic E-state index is 0.166. The van der Waals surface area contributed by atoms with Crippen molar-refractivity contribution >= 4 is 11.9 Å². The summed E-state index contributed by atoms with van der Waals surface area (Å²) in [4.78, 5) is 23.8. The van der Waals surface area contributed by atoms with Gasteiger partial charge in [-0.2, -0.15) is 0 Å². The van der Waals surface area contributed by atoms with Crippen LogP contribution in [0.15, 0.2) is 0 Å². The molecule has 0 atom stereocenters. The molecule has 0 N–H and O–H groups in total. The minimum Gasteiger partial charge on any atom is -0.462 e. The van der Waals surface area contributed by atoms with Gasteiger partial charge < -0.3 is 9.47 Å². The Hall–Kier alpha value is -1.06. The summed E-state index contributed by atoms with van der Waals surface area (Å²) in [7, 11) is 0. The van der Waals surface area contributed by atoms with E-state index in [0.717, 1.165) is 37.5 Å². The average Bonchev–Trinajstić information content (AvgIpc) is 2.95. The smallest absolute Gasteiger partial charge is 0.305 e. The molecule has 0 aromatic rings. The van der Waals surface area contributed by atoms with Crippen molar-refractivity contribution in [2.75, 3.05) is 13.2 Å². The molecule has 4 heteroatoms. The van der Waals surface area contributed by atoms with Crippen LogP contribution in [0.4, 0.5) is 0 Å². The van der Waals surface area contributed by atoms with Gasteiger partial charge in [-0.05, 0) is 24.7 Å². The highest BCUT2D eigenvalue weighted by Crippen LogP contribution is 2.16. The molecule has 0 unspecified atom stereocenters. The first-order valence-corrected chi connectivity index (χ1v) is 18.7. The van der Waals surface area contributed by atoms with Gasteiger partial charge >= 0.3 is 11.9 Å². The molecular weight excluding hydrogens is 520 g/mol. The van der Waals surface area contributed by atoms with Crippen molar-refractivity contribution in [3.63, 3.8) is 0 Å². The number of carbonyl (C=O) groups is 2. The van der Waals surface area contributed by atoms with Crippen LogP contribution in [0.2, 0.25) is 0 Å². The van der Waals surface area contributed by atoms with Gasteiger partial charge in [0.2, 0.25) is 0 Å². The van der Waals surface area contributed by atoms with E-state index in [4.69, 9.17) is 9.47 Å². The molecule has 0 radical (unpaired) electrons. The second-order valence-corrected chi connectivity index (χ2v) is 13.8. The summed E-state index contributed by atoms with van der Waals surface area (Å²) < 4.78 is 10.5. The number of carbonyl (C=O) groups excluding carboxylic acids is 2. The Morgan fingerprint density at radius 3 is 0.810 bits per heavy atom. The fraction of sp³-hybridized carbons (Fsp3) is 0.947. The lowest BCUT2D eigenvalue weighted by Gasteiger charge is -2.07. The Labute approximate surface area is 263 Å². The maximum atomic E-state index is 11.9. The lowest BCUT2D eigenvalue weighted by molar-refractivity contribution is -0.152. The zero-order chi connectivity index (χ0) is 30.9. The zero-order valence-electron chi connectivity index (χ0n) is 29.0. The normalized spacial score (nSPS) is 11.5. The molecule has 0 aliphatic rings. The predicted octanol–water partition coefficient (Wildman–Crippen LogP) is 12.3. The topological polar surface area (TPSA) is 52.6 Å². The van der Waals surface area contributed by atoms with Crippen LogP contribution in [-0.2, 0) is 19.1 Å². The molecule has 0 fully saturated rings. The highest BCUT2D eigenvalue weighted by molar-refractivity contribution is 5.70. The quantitative estimate of drug-likeness (QED) is 0.0560. The first-order chi connectivity index (χ1) is 20.4. The standard InChI is InChI=1S/C38H74O4/c1-35(2)29-25-21-17-13-9-5-7-11-15-19-23-27-31-37(39)41-33-34-42-38(40)32-28-24-20-16-12-8-6-10-14-18-22-26-30-36(3)4/h35-36H,5-34H2,1-4H3. The van der Waals surface area contributed by atoms with E-state index in [1.807, 2.05) is 0 Å². The van der Waals surface area contributed by atoms with Crippen LogP contribution in [0.1, 0.15) is 207 Å². The van der Waals surface area contributed by atoms with Crippen molar-refractivity contribution < 1.29 is 19.1 Å². The fourth-order valence-corrected chi connectivity index (χ4v) is 5.63. The number of ether oxygens (including phenoxy) is 2. The van der Waals surface area contributed by atoms with E-state index in [1.165, 1.54) is 141 Å². The first-order valence-electron chi connectivity index (χ1n) is 18.7. The van der Waals surface area contributed by atoms with Crippen LogP contribution in [0.3, 0.4) is 0 Å². The van der Waals surface area contributed by atoms with Crippen molar-refractivity contribution in [1.29, 1.82) is 0 Å². The molecule has 42 heavy (non-hydrogen) atoms. The predicted molar refractivity (Wildman–Crippen MR) is 181 cm³/mol. The Kier molecular flexibility index (Phi) is 32.0. The van der Waals surface area contributed by atoms with E-state index in [9.17, 15) is 9.59 Å². The Balaban J connectivity index is 3.28. The van der Waals surface area contributed by atoms with Gasteiger partial charge in [-0.25, -0.2) is 0 Å². The molecule has 0 spiro atoms. The van der Waals surface area contributed by atoms with E-state index < -0.39 is 0 Å². The molecule has 250 valence electrons. The summed E-state index contributed by atoms with van der Waals surface area (Å²) in [6.45, 7) is 9.62. The molecule has 0 aliphatic carbocycles. The van der Waals surface area contributed by atoms with Gasteiger partial charge in [0.1, 0.15) is 13.2 Å². The average molecular weight is 595 g/mol. The fourth-order valence-electron chi connectivity index (χ4n) is 5.63. The van der Waals surface area contributed by atoms with E-state index in [2.05, 4.69) is 27.7 Å². The van der Waals surface area contributed by atoms with E-state index in [1.54, 1.807) is 0 Å². The Morgan fingerprint density at radius 2 is 0.571 bits per heavy atom. The van der Waals surface area contributed by atoms with Crippen molar-refractivity contribution in [3.8, 4) is 0 Å². The summed E-state index contributed by atoms with van der Waals surface area (Å²) >= 11 is 0. The molecule has 0 saturated heterocycles. The van der Waals surface area contributed by atoms with E-state index >= 15 is 0 Å². The minimum atomic E-state index is -0.166. The monoisotopic (exact) mass is 595 g/mol. The molecule has 0 aliphatic heterocycles. The molecule has 4 nitrogen and oxygen atoms in total. The van der Waals surface area contributed by atoms with E-state index in [-0.39, 0.29) is 25.2 Å². The van der Waals surface area contributed by atoms with Gasteiger partial charge in [-0.15, -0.1) is 0 Å². The number of esters is 2. The van der Waals surface area contributed by atoms with Gasteiger partial charge in [0.25, 0.3) is 0 Å². The second-order valence-electron chi connectivity index (χ2n) is 13.8. The molecule has 0 bridgehead atoms. The summed E-state index contributed by atoms with van der Waals surface area (Å²) in [5.74, 6) is 1.37. The van der Waals surface area contributed by atoms with Crippen molar-refractivity contribution in [1.82, 2.24) is 0 Å². The maximum Gasteiger partial charge on any atom is 0.305 e. The molecular formula is C38H74O4. The van der Waals surface area contributed by atoms with Crippen LogP contribution in [0.25, 0.3) is 0 Å². The molecule has 0 rings (SSSR count). The summed E-state index contributed by atoms with van der Waals surface area (Å²) in [5, 5.41) is 0. The van der Waals surface area contributed by atoms with Crippen molar-refractivity contribution in [3.05, 3.63) is 0 Å². The summed E-state index contributed by atoms with van der Waals surface area (Å²) in [6.07, 6.45) is 34.8. The molecule has 0 heterocycles. The van der Waals surface area contributed by atoms with Gasteiger partial charge in [0, 0.05) is 12.8 Å². The van der Waals surface area contributed by atoms with Crippen LogP contribution in [0.5, 0.6) is 0 Å². The van der Waals surface area contributed by atoms with Gasteiger partial charge in [-0.3, -0.25) is 9.59 Å². The lowest BCUT2D eigenvalue weighted by Crippen LogP contribution is -2.13. The summed E-state index contributed by atoms with van der Waals surface area (Å²) in [5.41, 5.74) is 0. The van der Waals surface area contributed by atoms with Gasteiger partial charge in [0.15, 0.2) is 0 Å². The van der Waals surface area contributed by atoms with Gasteiger partial charge in [-0.1, -0.05) is 182 Å². The van der Waals surface area contributed by atoms with Gasteiger partial charge in [0.05, 0.1) is 0 Å². The van der Waals surface area contributed by atoms with Crippen LogP contribution in [0, 0.1) is 11.8 Å². The number of hydrogen-bond donors (Lipinski definition) is 0. The second kappa shape index (κ2) is 32.8. The molecule has 0 aromatic carbocycles.